The number of hydrogen-bond acceptors (Lipinski definition) is 3. The fourth-order valence-corrected chi connectivity index (χ4v) is 10.3. The van der Waals surface area contributed by atoms with Gasteiger partial charge in [-0.2, -0.15) is 0 Å². The zero-order chi connectivity index (χ0) is 44.6. The molecule has 0 N–H and O–H groups in total. The second-order valence-corrected chi connectivity index (χ2v) is 17.4. The topological polar surface area (TPSA) is 38.7 Å². The van der Waals surface area contributed by atoms with Crippen LogP contribution in [-0.2, 0) is 5.41 Å². The van der Waals surface area contributed by atoms with Crippen LogP contribution in [0.1, 0.15) is 40.7 Å². The highest BCUT2D eigenvalue weighted by molar-refractivity contribution is 5.89. The monoisotopic (exact) mass is 855 g/mol. The van der Waals surface area contributed by atoms with Gasteiger partial charge >= 0.3 is 0 Å². The molecule has 0 amide bonds. The average Bonchev–Trinajstić information content (AvgIpc) is 3.72. The van der Waals surface area contributed by atoms with Crippen LogP contribution in [0.3, 0.4) is 0 Å². The minimum Gasteiger partial charge on any atom is -0.208 e. The van der Waals surface area contributed by atoms with Crippen molar-refractivity contribution in [2.45, 2.75) is 18.3 Å². The molecule has 0 radical (unpaired) electrons. The van der Waals surface area contributed by atoms with Gasteiger partial charge in [0.2, 0.25) is 0 Å². The molecule has 67 heavy (non-hydrogen) atoms. The van der Waals surface area contributed by atoms with Gasteiger partial charge in [0.05, 0.1) is 5.41 Å². The maximum atomic E-state index is 5.49. The van der Waals surface area contributed by atoms with Crippen LogP contribution in [-0.4, -0.2) is 15.0 Å². The van der Waals surface area contributed by atoms with Crippen LogP contribution in [0.25, 0.3) is 84.2 Å². The van der Waals surface area contributed by atoms with E-state index in [1.54, 1.807) is 0 Å². The summed E-state index contributed by atoms with van der Waals surface area (Å²) in [6.07, 6.45) is 8.64. The van der Waals surface area contributed by atoms with Crippen molar-refractivity contribution in [3.8, 4) is 78.7 Å². The molecule has 2 aliphatic rings. The summed E-state index contributed by atoms with van der Waals surface area (Å²) in [7, 11) is 0. The summed E-state index contributed by atoms with van der Waals surface area (Å²) in [5, 5.41) is 0. The van der Waals surface area contributed by atoms with Crippen molar-refractivity contribution in [3.63, 3.8) is 0 Å². The minimum absolute atomic E-state index is 0.571. The molecule has 0 bridgehead atoms. The van der Waals surface area contributed by atoms with E-state index in [0.29, 0.717) is 17.5 Å². The first kappa shape index (κ1) is 40.0. The first-order chi connectivity index (χ1) is 33.2. The number of nitrogens with zero attached hydrogens (tertiary/aromatic N) is 3. The van der Waals surface area contributed by atoms with Crippen molar-refractivity contribution in [1.29, 1.82) is 0 Å². The largest absolute Gasteiger partial charge is 0.208 e. The summed E-state index contributed by atoms with van der Waals surface area (Å²) in [5.74, 6) is 1.85. The first-order valence-electron chi connectivity index (χ1n) is 23.1. The first-order valence-corrected chi connectivity index (χ1v) is 23.1. The Morgan fingerprint density at radius 1 is 0.313 bits per heavy atom. The van der Waals surface area contributed by atoms with Crippen LogP contribution in [0.5, 0.6) is 0 Å². The fraction of sp³-hybridized carbons (Fsp3) is 0.0469. The van der Waals surface area contributed by atoms with E-state index in [1.165, 1.54) is 44.5 Å². The van der Waals surface area contributed by atoms with Crippen LogP contribution in [0, 0.1) is 0 Å². The summed E-state index contributed by atoms with van der Waals surface area (Å²) < 4.78 is 0. The SMILES string of the molecule is C1=CCCC(c2cc(-c3ccccc3)cc(-c3nc(-c4cc(-c5ccccc5)cc(-c5ccccc5)c4)nc(-c4ccc5c(c4)C(c4ccccc4)(c4ccccc4)c4ccccc4-5)n3)c2)=C1. The van der Waals surface area contributed by atoms with Crippen LogP contribution in [0.15, 0.2) is 249 Å². The van der Waals surface area contributed by atoms with Crippen LogP contribution in [0.4, 0.5) is 0 Å². The summed E-state index contributed by atoms with van der Waals surface area (Å²) >= 11 is 0. The highest BCUT2D eigenvalue weighted by Gasteiger charge is 2.46. The van der Waals surface area contributed by atoms with Crippen LogP contribution in [0.2, 0.25) is 0 Å². The van der Waals surface area contributed by atoms with E-state index < -0.39 is 5.41 Å². The Morgan fingerprint density at radius 3 is 1.24 bits per heavy atom. The van der Waals surface area contributed by atoms with E-state index >= 15 is 0 Å². The Hall–Kier alpha value is -8.53. The molecule has 1 aromatic heterocycles. The minimum atomic E-state index is -0.571. The summed E-state index contributed by atoms with van der Waals surface area (Å²) in [6, 6.07) is 82.9. The maximum absolute atomic E-state index is 5.49. The molecule has 3 heteroatoms. The molecular weight excluding hydrogens is 811 g/mol. The van der Waals surface area contributed by atoms with E-state index in [4.69, 9.17) is 15.0 Å². The Bertz CT molecular complexity index is 3390. The Morgan fingerprint density at radius 2 is 0.731 bits per heavy atom. The second-order valence-electron chi connectivity index (χ2n) is 17.4. The maximum Gasteiger partial charge on any atom is 0.164 e. The van der Waals surface area contributed by atoms with Crippen LogP contribution >= 0.6 is 0 Å². The lowest BCUT2D eigenvalue weighted by molar-refractivity contribution is 0.768. The van der Waals surface area contributed by atoms with Crippen molar-refractivity contribution in [1.82, 2.24) is 15.0 Å². The van der Waals surface area contributed by atoms with Crippen molar-refractivity contribution in [3.05, 3.63) is 277 Å². The highest BCUT2D eigenvalue weighted by atomic mass is 15.0. The molecule has 0 saturated carbocycles. The van der Waals surface area contributed by atoms with Gasteiger partial charge in [-0.3, -0.25) is 0 Å². The Kier molecular flexibility index (Phi) is 10.2. The van der Waals surface area contributed by atoms with Gasteiger partial charge in [0, 0.05) is 16.7 Å². The van der Waals surface area contributed by atoms with E-state index in [9.17, 15) is 0 Å². The van der Waals surface area contributed by atoms with E-state index in [-0.39, 0.29) is 0 Å². The quantitative estimate of drug-likeness (QED) is 0.145. The van der Waals surface area contributed by atoms with Crippen molar-refractivity contribution in [2.75, 3.05) is 0 Å². The predicted octanol–water partition coefficient (Wildman–Crippen LogP) is 16.0. The molecule has 0 aliphatic heterocycles. The third-order valence-corrected chi connectivity index (χ3v) is 13.4. The van der Waals surface area contributed by atoms with E-state index in [1.807, 2.05) is 0 Å². The molecule has 9 aromatic carbocycles. The third kappa shape index (κ3) is 7.32. The van der Waals surface area contributed by atoms with Gasteiger partial charge in [0.25, 0.3) is 0 Å². The molecule has 0 unspecified atom stereocenters. The predicted molar refractivity (Wildman–Crippen MR) is 276 cm³/mol. The second kappa shape index (κ2) is 17.1. The molecule has 2 aliphatic carbocycles. The lowest BCUT2D eigenvalue weighted by atomic mass is 9.67. The smallest absolute Gasteiger partial charge is 0.164 e. The van der Waals surface area contributed by atoms with Gasteiger partial charge in [-0.15, -0.1) is 0 Å². The van der Waals surface area contributed by atoms with Gasteiger partial charge in [-0.1, -0.05) is 206 Å². The fourth-order valence-electron chi connectivity index (χ4n) is 10.3. The van der Waals surface area contributed by atoms with Gasteiger partial charge in [0.1, 0.15) is 0 Å². The average molecular weight is 856 g/mol. The molecule has 0 atom stereocenters. The number of aromatic nitrogens is 3. The molecule has 3 nitrogen and oxygen atoms in total. The number of hydrogen-bond donors (Lipinski definition) is 0. The normalized spacial score (nSPS) is 13.4. The highest BCUT2D eigenvalue weighted by Crippen LogP contribution is 2.56. The van der Waals surface area contributed by atoms with Gasteiger partial charge in [0.15, 0.2) is 17.5 Å². The number of allylic oxidation sites excluding steroid dienone is 4. The summed E-state index contributed by atoms with van der Waals surface area (Å²) in [4.78, 5) is 16.4. The van der Waals surface area contributed by atoms with Crippen molar-refractivity contribution in [2.24, 2.45) is 0 Å². The van der Waals surface area contributed by atoms with Gasteiger partial charge in [-0.25, -0.2) is 15.0 Å². The standard InChI is InChI=1S/C64H45N3/c1-7-21-44(22-8-1)49-37-50(45-23-9-2-10-24-45)40-53(39-49)62-65-61(66-63(67-62)54-41-51(46-25-11-3-12-26-46)38-52(42-54)47-27-13-4-14-28-47)48-35-36-58-57-33-19-20-34-59(57)64(60(58)43-48,55-29-15-5-16-30-55)56-31-17-6-18-32-56/h1-13,15-27,29-43H,14,28H2. The zero-order valence-corrected chi connectivity index (χ0v) is 36.9. The molecule has 0 saturated heterocycles. The molecule has 316 valence electrons. The molecule has 0 spiro atoms. The third-order valence-electron chi connectivity index (χ3n) is 13.4. The van der Waals surface area contributed by atoms with Gasteiger partial charge in [-0.05, 0) is 133 Å². The molecular formula is C64H45N3. The van der Waals surface area contributed by atoms with E-state index in [0.717, 1.165) is 62.9 Å². The van der Waals surface area contributed by atoms with E-state index in [2.05, 4.69) is 249 Å². The Labute approximate surface area is 392 Å². The Balaban J connectivity index is 1.12. The van der Waals surface area contributed by atoms with Crippen molar-refractivity contribution >= 4 is 5.57 Å². The molecule has 0 fully saturated rings. The van der Waals surface area contributed by atoms with Crippen LogP contribution < -0.4 is 0 Å². The molecule has 10 aromatic rings. The molecule has 1 heterocycles. The lowest BCUT2D eigenvalue weighted by Crippen LogP contribution is -2.28. The number of rotatable bonds is 9. The summed E-state index contributed by atoms with van der Waals surface area (Å²) in [5.41, 5.74) is 18.7. The molecule has 12 rings (SSSR count). The number of fused-ring (bicyclic) bond motifs is 3. The lowest BCUT2D eigenvalue weighted by Gasteiger charge is -2.34. The summed E-state index contributed by atoms with van der Waals surface area (Å²) in [6.45, 7) is 0. The van der Waals surface area contributed by atoms with Gasteiger partial charge < -0.3 is 0 Å². The number of benzene rings is 9. The van der Waals surface area contributed by atoms with Crippen molar-refractivity contribution < 1.29 is 0 Å². The zero-order valence-electron chi connectivity index (χ0n) is 36.9.